The first-order chi connectivity index (χ1) is 8.10. The molecule has 0 fully saturated rings. The number of hydrogen-bond donors (Lipinski definition) is 1. The van der Waals surface area contributed by atoms with Gasteiger partial charge in [-0.3, -0.25) is 0 Å². The Bertz CT molecular complexity index is 399. The highest BCUT2D eigenvalue weighted by molar-refractivity contribution is 5.24. The van der Waals surface area contributed by atoms with Gasteiger partial charge in [-0.2, -0.15) is 0 Å². The van der Waals surface area contributed by atoms with Gasteiger partial charge in [0.05, 0.1) is 19.8 Å². The van der Waals surface area contributed by atoms with Gasteiger partial charge in [-0.25, -0.2) is 0 Å². The number of aliphatic hydroxyl groups is 1. The van der Waals surface area contributed by atoms with Crippen molar-refractivity contribution in [3.63, 3.8) is 0 Å². The molecule has 0 spiro atoms. The maximum absolute atomic E-state index is 9.39. The van der Waals surface area contributed by atoms with Crippen LogP contribution in [0.25, 0.3) is 0 Å². The zero-order valence-electron chi connectivity index (χ0n) is 10.5. The summed E-state index contributed by atoms with van der Waals surface area (Å²) in [6.45, 7) is 5.66. The number of hydrogen-bond acceptors (Lipinski definition) is 2. The van der Waals surface area contributed by atoms with Gasteiger partial charge in [0.25, 0.3) is 0 Å². The molecule has 2 rings (SSSR count). The first-order valence-electron chi connectivity index (χ1n) is 6.03. The first kappa shape index (κ1) is 12.3. The number of aliphatic hydroxyl groups excluding tert-OH is 1. The summed E-state index contributed by atoms with van der Waals surface area (Å²) < 4.78 is 5.76. The summed E-state index contributed by atoms with van der Waals surface area (Å²) in [6, 6.07) is 10.2. The summed E-state index contributed by atoms with van der Waals surface area (Å²) in [5.74, 6) is 0. The Labute approximate surface area is 103 Å². The van der Waals surface area contributed by atoms with Crippen LogP contribution in [0.2, 0.25) is 0 Å². The van der Waals surface area contributed by atoms with Crippen molar-refractivity contribution in [1.29, 1.82) is 0 Å². The predicted molar refractivity (Wildman–Crippen MR) is 68.5 cm³/mol. The Morgan fingerprint density at radius 1 is 1.06 bits per heavy atom. The first-order valence-corrected chi connectivity index (χ1v) is 6.03. The molecule has 2 heteroatoms. The Morgan fingerprint density at radius 2 is 1.71 bits per heavy atom. The predicted octanol–water partition coefficient (Wildman–Crippen LogP) is 2.78. The van der Waals surface area contributed by atoms with Gasteiger partial charge in [0, 0.05) is 10.8 Å². The summed E-state index contributed by atoms with van der Waals surface area (Å²) >= 11 is 0. The lowest BCUT2D eigenvalue weighted by Gasteiger charge is -2.48. The average Bonchev–Trinajstić information content (AvgIpc) is 2.37. The van der Waals surface area contributed by atoms with E-state index in [0.29, 0.717) is 13.2 Å². The second-order valence-corrected chi connectivity index (χ2v) is 5.30. The molecule has 0 saturated heterocycles. The number of benzene rings is 1. The molecule has 0 amide bonds. The van der Waals surface area contributed by atoms with Crippen LogP contribution < -0.4 is 0 Å². The number of rotatable bonds is 5. The highest BCUT2D eigenvalue weighted by Gasteiger charge is 2.47. The van der Waals surface area contributed by atoms with Gasteiger partial charge in [0.1, 0.15) is 0 Å². The van der Waals surface area contributed by atoms with Gasteiger partial charge in [0.15, 0.2) is 0 Å². The molecule has 0 saturated carbocycles. The van der Waals surface area contributed by atoms with Crippen molar-refractivity contribution in [3.05, 3.63) is 48.0 Å². The zero-order valence-corrected chi connectivity index (χ0v) is 10.5. The van der Waals surface area contributed by atoms with Crippen molar-refractivity contribution in [3.8, 4) is 0 Å². The van der Waals surface area contributed by atoms with Crippen molar-refractivity contribution in [1.82, 2.24) is 0 Å². The molecule has 1 aromatic carbocycles. The SMILES string of the molecule is C[C@@]1(COCc2ccccc2)C=C[C@]1(C)CO. The molecule has 2 atom stereocenters. The molecule has 0 radical (unpaired) electrons. The summed E-state index contributed by atoms with van der Waals surface area (Å²) in [7, 11) is 0. The average molecular weight is 232 g/mol. The Morgan fingerprint density at radius 3 is 2.24 bits per heavy atom. The van der Waals surface area contributed by atoms with Crippen LogP contribution in [-0.4, -0.2) is 18.3 Å². The van der Waals surface area contributed by atoms with Crippen molar-refractivity contribution in [2.75, 3.05) is 13.2 Å². The van der Waals surface area contributed by atoms with Crippen LogP contribution in [0, 0.1) is 10.8 Å². The van der Waals surface area contributed by atoms with Gasteiger partial charge in [-0.15, -0.1) is 0 Å². The van der Waals surface area contributed by atoms with Crippen LogP contribution in [-0.2, 0) is 11.3 Å². The van der Waals surface area contributed by atoms with Gasteiger partial charge >= 0.3 is 0 Å². The molecule has 1 aromatic rings. The molecule has 1 aliphatic rings. The number of ether oxygens (including phenoxy) is 1. The van der Waals surface area contributed by atoms with E-state index < -0.39 is 0 Å². The maximum atomic E-state index is 9.39. The molecule has 92 valence electrons. The van der Waals surface area contributed by atoms with Crippen molar-refractivity contribution < 1.29 is 9.84 Å². The molecule has 0 unspecified atom stereocenters. The lowest BCUT2D eigenvalue weighted by molar-refractivity contribution is -0.0264. The van der Waals surface area contributed by atoms with Crippen molar-refractivity contribution >= 4 is 0 Å². The van der Waals surface area contributed by atoms with Crippen LogP contribution >= 0.6 is 0 Å². The summed E-state index contributed by atoms with van der Waals surface area (Å²) in [4.78, 5) is 0. The summed E-state index contributed by atoms with van der Waals surface area (Å²) in [5, 5.41) is 9.39. The van der Waals surface area contributed by atoms with Gasteiger partial charge in [-0.1, -0.05) is 56.3 Å². The Hall–Kier alpha value is -1.12. The van der Waals surface area contributed by atoms with E-state index in [2.05, 4.69) is 38.1 Å². The Balaban J connectivity index is 1.86. The fraction of sp³-hybridized carbons (Fsp3) is 0.467. The van der Waals surface area contributed by atoms with Crippen LogP contribution in [0.5, 0.6) is 0 Å². The van der Waals surface area contributed by atoms with Crippen LogP contribution in [0.15, 0.2) is 42.5 Å². The lowest BCUT2D eigenvalue weighted by atomic mass is 9.58. The quantitative estimate of drug-likeness (QED) is 0.791. The third-order valence-corrected chi connectivity index (χ3v) is 3.97. The molecule has 2 nitrogen and oxygen atoms in total. The normalized spacial score (nSPS) is 31.2. The molecule has 0 bridgehead atoms. The fourth-order valence-electron chi connectivity index (χ4n) is 2.05. The molecule has 0 heterocycles. The minimum atomic E-state index is -0.135. The third-order valence-electron chi connectivity index (χ3n) is 3.97. The minimum absolute atomic E-state index is 0.0451. The van der Waals surface area contributed by atoms with E-state index in [1.165, 1.54) is 5.56 Å². The molecule has 17 heavy (non-hydrogen) atoms. The molecular weight excluding hydrogens is 212 g/mol. The Kier molecular flexibility index (Phi) is 3.36. The van der Waals surface area contributed by atoms with E-state index in [1.807, 2.05) is 18.2 Å². The third kappa shape index (κ3) is 2.28. The van der Waals surface area contributed by atoms with Crippen molar-refractivity contribution in [2.24, 2.45) is 10.8 Å². The van der Waals surface area contributed by atoms with E-state index in [0.717, 1.165) is 0 Å². The maximum Gasteiger partial charge on any atom is 0.0717 e. The largest absolute Gasteiger partial charge is 0.395 e. The molecular formula is C15H20O2. The highest BCUT2D eigenvalue weighted by atomic mass is 16.5. The minimum Gasteiger partial charge on any atom is -0.395 e. The van der Waals surface area contributed by atoms with Gasteiger partial charge in [0.2, 0.25) is 0 Å². The van der Waals surface area contributed by atoms with Crippen LogP contribution in [0.4, 0.5) is 0 Å². The standard InChI is InChI=1S/C15H20O2/c1-14(11-16)8-9-15(14,2)12-17-10-13-6-4-3-5-7-13/h3-9,16H,10-12H2,1-2H3/t14-,15+/m1/s1. The van der Waals surface area contributed by atoms with Crippen LogP contribution in [0.1, 0.15) is 19.4 Å². The second-order valence-electron chi connectivity index (χ2n) is 5.30. The monoisotopic (exact) mass is 232 g/mol. The van der Waals surface area contributed by atoms with E-state index in [-0.39, 0.29) is 17.4 Å². The van der Waals surface area contributed by atoms with E-state index >= 15 is 0 Å². The zero-order chi connectivity index (χ0) is 12.4. The van der Waals surface area contributed by atoms with Crippen LogP contribution in [0.3, 0.4) is 0 Å². The molecule has 1 aliphatic carbocycles. The van der Waals surface area contributed by atoms with E-state index in [9.17, 15) is 5.11 Å². The summed E-state index contributed by atoms with van der Waals surface area (Å²) in [6.07, 6.45) is 4.20. The van der Waals surface area contributed by atoms with Gasteiger partial charge < -0.3 is 9.84 Å². The molecule has 0 aromatic heterocycles. The second kappa shape index (κ2) is 4.63. The van der Waals surface area contributed by atoms with Gasteiger partial charge in [-0.05, 0) is 5.56 Å². The molecule has 1 N–H and O–H groups in total. The van der Waals surface area contributed by atoms with Crippen molar-refractivity contribution in [2.45, 2.75) is 20.5 Å². The smallest absolute Gasteiger partial charge is 0.0717 e. The lowest BCUT2D eigenvalue weighted by Crippen LogP contribution is -2.47. The highest BCUT2D eigenvalue weighted by Crippen LogP contribution is 2.49. The van der Waals surface area contributed by atoms with E-state index in [1.54, 1.807) is 0 Å². The topological polar surface area (TPSA) is 29.5 Å². The van der Waals surface area contributed by atoms with E-state index in [4.69, 9.17) is 4.74 Å². The molecule has 0 aliphatic heterocycles. The fourth-order valence-corrected chi connectivity index (χ4v) is 2.05. The summed E-state index contributed by atoms with van der Waals surface area (Å²) in [5.41, 5.74) is 1.00.